The molecule has 19 heavy (non-hydrogen) atoms. The SMILES string of the molecule is COc1ccc(C(=O)c2ccc(CCN)cc2)cc1. The highest BCUT2D eigenvalue weighted by molar-refractivity contribution is 6.09. The third-order valence-electron chi connectivity index (χ3n) is 3.00. The van der Waals surface area contributed by atoms with Gasteiger partial charge in [0.25, 0.3) is 0 Å². The van der Waals surface area contributed by atoms with Crippen LogP contribution in [0, 0.1) is 0 Å². The second-order valence-corrected chi connectivity index (χ2v) is 4.29. The lowest BCUT2D eigenvalue weighted by Crippen LogP contribution is -2.04. The lowest BCUT2D eigenvalue weighted by molar-refractivity contribution is 0.103. The second-order valence-electron chi connectivity index (χ2n) is 4.29. The van der Waals surface area contributed by atoms with E-state index in [1.807, 2.05) is 24.3 Å². The Morgan fingerprint density at radius 3 is 2.00 bits per heavy atom. The Morgan fingerprint density at radius 2 is 1.53 bits per heavy atom. The van der Waals surface area contributed by atoms with E-state index in [1.165, 1.54) is 0 Å². The highest BCUT2D eigenvalue weighted by atomic mass is 16.5. The first-order chi connectivity index (χ1) is 9.24. The maximum Gasteiger partial charge on any atom is 0.193 e. The molecule has 0 atom stereocenters. The van der Waals surface area contributed by atoms with Crippen LogP contribution in [0.3, 0.4) is 0 Å². The molecule has 2 N–H and O–H groups in total. The maximum atomic E-state index is 12.2. The molecule has 0 spiro atoms. The van der Waals surface area contributed by atoms with Gasteiger partial charge in [0, 0.05) is 11.1 Å². The quantitative estimate of drug-likeness (QED) is 0.835. The van der Waals surface area contributed by atoms with E-state index in [0.29, 0.717) is 17.7 Å². The summed E-state index contributed by atoms with van der Waals surface area (Å²) in [7, 11) is 1.60. The Bertz CT molecular complexity index is 544. The number of methoxy groups -OCH3 is 1. The highest BCUT2D eigenvalue weighted by Gasteiger charge is 2.08. The zero-order chi connectivity index (χ0) is 13.7. The zero-order valence-electron chi connectivity index (χ0n) is 10.9. The predicted octanol–water partition coefficient (Wildman–Crippen LogP) is 2.43. The summed E-state index contributed by atoms with van der Waals surface area (Å²) in [6.07, 6.45) is 0.830. The number of ether oxygens (including phenoxy) is 1. The molecule has 2 aromatic carbocycles. The Labute approximate surface area is 113 Å². The first-order valence-electron chi connectivity index (χ1n) is 6.22. The van der Waals surface area contributed by atoms with Crippen molar-refractivity contribution in [2.24, 2.45) is 5.73 Å². The monoisotopic (exact) mass is 255 g/mol. The van der Waals surface area contributed by atoms with Crippen molar-refractivity contribution >= 4 is 5.78 Å². The molecule has 0 aliphatic carbocycles. The van der Waals surface area contributed by atoms with Crippen molar-refractivity contribution in [2.75, 3.05) is 13.7 Å². The molecule has 0 aliphatic rings. The van der Waals surface area contributed by atoms with E-state index in [9.17, 15) is 4.79 Å². The van der Waals surface area contributed by atoms with Crippen LogP contribution in [0.15, 0.2) is 48.5 Å². The van der Waals surface area contributed by atoms with Crippen molar-refractivity contribution < 1.29 is 9.53 Å². The summed E-state index contributed by atoms with van der Waals surface area (Å²) < 4.78 is 5.07. The summed E-state index contributed by atoms with van der Waals surface area (Å²) in [6, 6.07) is 14.7. The molecule has 0 amide bonds. The third kappa shape index (κ3) is 3.20. The lowest BCUT2D eigenvalue weighted by Gasteiger charge is -2.04. The Morgan fingerprint density at radius 1 is 1.00 bits per heavy atom. The van der Waals surface area contributed by atoms with Crippen molar-refractivity contribution in [1.82, 2.24) is 0 Å². The standard InChI is InChI=1S/C16H17NO2/c1-19-15-8-6-14(7-9-15)16(18)13-4-2-12(3-5-13)10-11-17/h2-9H,10-11,17H2,1H3. The van der Waals surface area contributed by atoms with Gasteiger partial charge in [-0.2, -0.15) is 0 Å². The normalized spacial score (nSPS) is 10.2. The van der Waals surface area contributed by atoms with E-state index in [1.54, 1.807) is 31.4 Å². The smallest absolute Gasteiger partial charge is 0.193 e. The van der Waals surface area contributed by atoms with E-state index < -0.39 is 0 Å². The van der Waals surface area contributed by atoms with Gasteiger partial charge in [-0.25, -0.2) is 0 Å². The average molecular weight is 255 g/mol. The van der Waals surface area contributed by atoms with Crippen molar-refractivity contribution in [3.05, 3.63) is 65.2 Å². The van der Waals surface area contributed by atoms with Crippen LogP contribution in [0.25, 0.3) is 0 Å². The van der Waals surface area contributed by atoms with Gasteiger partial charge in [0.2, 0.25) is 0 Å². The van der Waals surface area contributed by atoms with Crippen LogP contribution < -0.4 is 10.5 Å². The van der Waals surface area contributed by atoms with E-state index in [-0.39, 0.29) is 5.78 Å². The minimum atomic E-state index is 0.0157. The van der Waals surface area contributed by atoms with Gasteiger partial charge in [-0.15, -0.1) is 0 Å². The fourth-order valence-corrected chi connectivity index (χ4v) is 1.90. The summed E-state index contributed by atoms with van der Waals surface area (Å²) in [5.74, 6) is 0.761. The molecular formula is C16H17NO2. The van der Waals surface area contributed by atoms with Gasteiger partial charge in [-0.05, 0) is 42.8 Å². The molecule has 2 aromatic rings. The van der Waals surface area contributed by atoms with Crippen LogP contribution in [0.1, 0.15) is 21.5 Å². The number of carbonyl (C=O) groups excluding carboxylic acids is 1. The Balaban J connectivity index is 2.18. The Kier molecular flexibility index (Phi) is 4.31. The van der Waals surface area contributed by atoms with Gasteiger partial charge >= 0.3 is 0 Å². The van der Waals surface area contributed by atoms with Crippen LogP contribution in [-0.4, -0.2) is 19.4 Å². The molecule has 3 heteroatoms. The van der Waals surface area contributed by atoms with Crippen molar-refractivity contribution in [3.63, 3.8) is 0 Å². The fourth-order valence-electron chi connectivity index (χ4n) is 1.90. The molecule has 0 saturated heterocycles. The summed E-state index contributed by atoms with van der Waals surface area (Å²) >= 11 is 0. The van der Waals surface area contributed by atoms with Crippen LogP contribution in [-0.2, 0) is 6.42 Å². The summed E-state index contributed by atoms with van der Waals surface area (Å²) in [5.41, 5.74) is 7.99. The molecular weight excluding hydrogens is 238 g/mol. The van der Waals surface area contributed by atoms with Crippen LogP contribution in [0.4, 0.5) is 0 Å². The molecule has 0 unspecified atom stereocenters. The number of ketones is 1. The third-order valence-corrected chi connectivity index (χ3v) is 3.00. The minimum Gasteiger partial charge on any atom is -0.497 e. The number of benzene rings is 2. The van der Waals surface area contributed by atoms with Gasteiger partial charge in [0.1, 0.15) is 5.75 Å². The molecule has 0 fully saturated rings. The molecule has 0 heterocycles. The predicted molar refractivity (Wildman–Crippen MR) is 75.6 cm³/mol. The van der Waals surface area contributed by atoms with E-state index in [0.717, 1.165) is 17.7 Å². The molecule has 2 rings (SSSR count). The maximum absolute atomic E-state index is 12.2. The molecule has 0 saturated carbocycles. The van der Waals surface area contributed by atoms with Crippen molar-refractivity contribution in [3.8, 4) is 5.75 Å². The van der Waals surface area contributed by atoms with E-state index in [2.05, 4.69) is 0 Å². The van der Waals surface area contributed by atoms with E-state index >= 15 is 0 Å². The van der Waals surface area contributed by atoms with Gasteiger partial charge in [-0.3, -0.25) is 4.79 Å². The van der Waals surface area contributed by atoms with E-state index in [4.69, 9.17) is 10.5 Å². The van der Waals surface area contributed by atoms with Crippen LogP contribution in [0.2, 0.25) is 0 Å². The number of hydrogen-bond acceptors (Lipinski definition) is 3. The summed E-state index contributed by atoms with van der Waals surface area (Å²) in [5, 5.41) is 0. The minimum absolute atomic E-state index is 0.0157. The van der Waals surface area contributed by atoms with Crippen LogP contribution >= 0.6 is 0 Å². The average Bonchev–Trinajstić information content (AvgIpc) is 2.48. The first-order valence-corrected chi connectivity index (χ1v) is 6.22. The van der Waals surface area contributed by atoms with Gasteiger partial charge < -0.3 is 10.5 Å². The van der Waals surface area contributed by atoms with Gasteiger partial charge in [0.15, 0.2) is 5.78 Å². The molecule has 3 nitrogen and oxygen atoms in total. The molecule has 0 aliphatic heterocycles. The van der Waals surface area contributed by atoms with Gasteiger partial charge in [-0.1, -0.05) is 24.3 Å². The number of rotatable bonds is 5. The van der Waals surface area contributed by atoms with Crippen molar-refractivity contribution in [2.45, 2.75) is 6.42 Å². The molecule has 98 valence electrons. The highest BCUT2D eigenvalue weighted by Crippen LogP contribution is 2.15. The number of nitrogens with two attached hydrogens (primary N) is 1. The molecule has 0 bridgehead atoms. The second kappa shape index (κ2) is 6.16. The van der Waals surface area contributed by atoms with Gasteiger partial charge in [0.05, 0.1) is 7.11 Å². The molecule has 0 aromatic heterocycles. The zero-order valence-corrected chi connectivity index (χ0v) is 10.9. The van der Waals surface area contributed by atoms with Crippen LogP contribution in [0.5, 0.6) is 5.75 Å². The number of carbonyl (C=O) groups is 1. The van der Waals surface area contributed by atoms with Crippen molar-refractivity contribution in [1.29, 1.82) is 0 Å². The largest absolute Gasteiger partial charge is 0.497 e. The fraction of sp³-hybridized carbons (Fsp3) is 0.188. The molecule has 0 radical (unpaired) electrons. The summed E-state index contributed by atoms with van der Waals surface area (Å²) in [4.78, 5) is 12.2. The first kappa shape index (κ1) is 13.3. The topological polar surface area (TPSA) is 52.3 Å². The lowest BCUT2D eigenvalue weighted by atomic mass is 10.0. The Hall–Kier alpha value is -2.13. The summed E-state index contributed by atoms with van der Waals surface area (Å²) in [6.45, 7) is 0.617. The number of hydrogen-bond donors (Lipinski definition) is 1.